The lowest BCUT2D eigenvalue weighted by molar-refractivity contribution is 0.168. The summed E-state index contributed by atoms with van der Waals surface area (Å²) < 4.78 is 40.0. The van der Waals surface area contributed by atoms with E-state index >= 15 is 0 Å². The number of amides is 2. The van der Waals surface area contributed by atoms with Gasteiger partial charge in [0, 0.05) is 43.5 Å². The summed E-state index contributed by atoms with van der Waals surface area (Å²) in [6.07, 6.45) is -0.334. The maximum atomic E-state index is 13.6. The van der Waals surface area contributed by atoms with Gasteiger partial charge in [0.05, 0.1) is 6.10 Å². The van der Waals surface area contributed by atoms with E-state index < -0.39 is 29.6 Å². The normalized spacial score (nSPS) is 17.4. The van der Waals surface area contributed by atoms with Crippen LogP contribution in [0.15, 0.2) is 42.5 Å². The molecule has 1 heterocycles. The Bertz CT molecular complexity index is 834. The predicted octanol–water partition coefficient (Wildman–Crippen LogP) is 2.96. The van der Waals surface area contributed by atoms with Crippen molar-refractivity contribution in [2.24, 2.45) is 5.92 Å². The standard InChI is InChI=1S/C20H22F3N3O2/c21-16-4-2-1-3-15(16)19(27)11-25-20(28)24-10-13-7-8-26(12-13)14-5-6-17(22)18(23)9-14/h1-6,9,13,19,27H,7-8,10-12H2,(H2,24,25,28). The van der Waals surface area contributed by atoms with E-state index in [1.807, 2.05) is 4.90 Å². The van der Waals surface area contributed by atoms with Crippen LogP contribution in [0.3, 0.4) is 0 Å². The average Bonchev–Trinajstić information content (AvgIpc) is 3.16. The molecule has 1 fully saturated rings. The molecule has 0 radical (unpaired) electrons. The Balaban J connectivity index is 1.41. The molecule has 1 aliphatic heterocycles. The van der Waals surface area contributed by atoms with Crippen LogP contribution in [0.1, 0.15) is 18.1 Å². The molecule has 2 aromatic carbocycles. The fraction of sp³-hybridized carbons (Fsp3) is 0.350. The number of carbonyl (C=O) groups excluding carboxylic acids is 1. The monoisotopic (exact) mass is 393 g/mol. The summed E-state index contributed by atoms with van der Waals surface area (Å²) in [6, 6.07) is 9.19. The zero-order valence-electron chi connectivity index (χ0n) is 15.2. The van der Waals surface area contributed by atoms with Crippen LogP contribution in [0.4, 0.5) is 23.7 Å². The Morgan fingerprint density at radius 2 is 1.89 bits per heavy atom. The van der Waals surface area contributed by atoms with Crippen molar-refractivity contribution in [3.8, 4) is 0 Å². The second kappa shape index (κ2) is 8.97. The summed E-state index contributed by atoms with van der Waals surface area (Å²) in [5, 5.41) is 15.2. The Labute approximate surface area is 161 Å². The number of aliphatic hydroxyl groups excluding tert-OH is 1. The zero-order valence-corrected chi connectivity index (χ0v) is 15.2. The number of carbonyl (C=O) groups is 1. The Kier molecular flexibility index (Phi) is 6.41. The molecule has 1 aliphatic rings. The van der Waals surface area contributed by atoms with Gasteiger partial charge in [0.2, 0.25) is 0 Å². The van der Waals surface area contributed by atoms with Crippen molar-refractivity contribution < 1.29 is 23.1 Å². The van der Waals surface area contributed by atoms with Crippen molar-refractivity contribution in [2.75, 3.05) is 31.1 Å². The molecular formula is C20H22F3N3O2. The van der Waals surface area contributed by atoms with Crippen LogP contribution >= 0.6 is 0 Å². The van der Waals surface area contributed by atoms with Gasteiger partial charge in [-0.15, -0.1) is 0 Å². The largest absolute Gasteiger partial charge is 0.386 e. The molecule has 2 aromatic rings. The fourth-order valence-electron chi connectivity index (χ4n) is 3.26. The van der Waals surface area contributed by atoms with E-state index in [9.17, 15) is 23.1 Å². The van der Waals surface area contributed by atoms with Gasteiger partial charge in [0.15, 0.2) is 11.6 Å². The first-order valence-electron chi connectivity index (χ1n) is 9.08. The number of hydrogen-bond acceptors (Lipinski definition) is 3. The van der Waals surface area contributed by atoms with Crippen LogP contribution in [0, 0.1) is 23.4 Å². The fourth-order valence-corrected chi connectivity index (χ4v) is 3.26. The van der Waals surface area contributed by atoms with Crippen molar-refractivity contribution >= 4 is 11.7 Å². The van der Waals surface area contributed by atoms with E-state index in [4.69, 9.17) is 0 Å². The van der Waals surface area contributed by atoms with Crippen molar-refractivity contribution in [1.82, 2.24) is 10.6 Å². The molecule has 0 bridgehead atoms. The smallest absolute Gasteiger partial charge is 0.314 e. The summed E-state index contributed by atoms with van der Waals surface area (Å²) >= 11 is 0. The SMILES string of the molecule is O=C(NCC1CCN(c2ccc(F)c(F)c2)C1)NCC(O)c1ccccc1F. The second-order valence-electron chi connectivity index (χ2n) is 6.83. The van der Waals surface area contributed by atoms with E-state index in [0.29, 0.717) is 25.3 Å². The van der Waals surface area contributed by atoms with E-state index in [1.165, 1.54) is 30.3 Å². The van der Waals surface area contributed by atoms with Crippen LogP contribution < -0.4 is 15.5 Å². The quantitative estimate of drug-likeness (QED) is 0.707. The number of rotatable bonds is 6. The van der Waals surface area contributed by atoms with Crippen LogP contribution in [0.25, 0.3) is 0 Å². The van der Waals surface area contributed by atoms with Crippen LogP contribution in [0.2, 0.25) is 0 Å². The highest BCUT2D eigenvalue weighted by atomic mass is 19.2. The zero-order chi connectivity index (χ0) is 20.1. The van der Waals surface area contributed by atoms with Gasteiger partial charge in [0.25, 0.3) is 0 Å². The lowest BCUT2D eigenvalue weighted by atomic mass is 10.1. The number of benzene rings is 2. The molecule has 0 aromatic heterocycles. The second-order valence-corrected chi connectivity index (χ2v) is 6.83. The van der Waals surface area contributed by atoms with Gasteiger partial charge in [-0.1, -0.05) is 18.2 Å². The first-order chi connectivity index (χ1) is 13.4. The summed E-state index contributed by atoms with van der Waals surface area (Å²) in [5.41, 5.74) is 0.736. The molecule has 5 nitrogen and oxygen atoms in total. The van der Waals surface area contributed by atoms with E-state index in [0.717, 1.165) is 12.5 Å². The molecule has 2 atom stereocenters. The van der Waals surface area contributed by atoms with Gasteiger partial charge in [-0.3, -0.25) is 0 Å². The third-order valence-corrected chi connectivity index (χ3v) is 4.83. The van der Waals surface area contributed by atoms with Gasteiger partial charge in [0.1, 0.15) is 5.82 Å². The summed E-state index contributed by atoms with van der Waals surface area (Å²) in [7, 11) is 0. The molecular weight excluding hydrogens is 371 g/mol. The highest BCUT2D eigenvalue weighted by molar-refractivity contribution is 5.73. The van der Waals surface area contributed by atoms with Gasteiger partial charge < -0.3 is 20.6 Å². The van der Waals surface area contributed by atoms with E-state index in [1.54, 1.807) is 6.07 Å². The van der Waals surface area contributed by atoms with Crippen LogP contribution in [-0.2, 0) is 0 Å². The Hall–Kier alpha value is -2.74. The molecule has 150 valence electrons. The van der Waals surface area contributed by atoms with Crippen molar-refractivity contribution in [2.45, 2.75) is 12.5 Å². The molecule has 8 heteroatoms. The molecule has 3 rings (SSSR count). The van der Waals surface area contributed by atoms with Crippen LogP contribution in [-0.4, -0.2) is 37.3 Å². The van der Waals surface area contributed by atoms with Crippen molar-refractivity contribution in [3.05, 3.63) is 65.5 Å². The first kappa shape index (κ1) is 20.0. The highest BCUT2D eigenvalue weighted by Gasteiger charge is 2.24. The first-order valence-corrected chi connectivity index (χ1v) is 9.08. The number of nitrogens with zero attached hydrogens (tertiary/aromatic N) is 1. The number of halogens is 3. The molecule has 0 spiro atoms. The van der Waals surface area contributed by atoms with E-state index in [2.05, 4.69) is 10.6 Å². The van der Waals surface area contributed by atoms with Crippen molar-refractivity contribution in [3.63, 3.8) is 0 Å². The number of aliphatic hydroxyl groups is 1. The maximum absolute atomic E-state index is 13.6. The summed E-state index contributed by atoms with van der Waals surface area (Å²) in [6.45, 7) is 1.59. The Morgan fingerprint density at radius 1 is 1.11 bits per heavy atom. The highest BCUT2D eigenvalue weighted by Crippen LogP contribution is 2.25. The van der Waals surface area contributed by atoms with Crippen molar-refractivity contribution in [1.29, 1.82) is 0 Å². The van der Waals surface area contributed by atoms with Gasteiger partial charge in [-0.05, 0) is 30.5 Å². The predicted molar refractivity (Wildman–Crippen MR) is 99.4 cm³/mol. The van der Waals surface area contributed by atoms with Crippen LogP contribution in [0.5, 0.6) is 0 Å². The lowest BCUT2D eigenvalue weighted by Gasteiger charge is -2.19. The third-order valence-electron chi connectivity index (χ3n) is 4.83. The molecule has 0 saturated carbocycles. The topological polar surface area (TPSA) is 64.6 Å². The van der Waals surface area contributed by atoms with E-state index in [-0.39, 0.29) is 18.0 Å². The van der Waals surface area contributed by atoms with Gasteiger partial charge in [-0.25, -0.2) is 18.0 Å². The Morgan fingerprint density at radius 3 is 2.64 bits per heavy atom. The third kappa shape index (κ3) is 4.95. The molecule has 2 amide bonds. The van der Waals surface area contributed by atoms with Gasteiger partial charge in [-0.2, -0.15) is 0 Å². The minimum atomic E-state index is -1.14. The number of hydrogen-bond donors (Lipinski definition) is 3. The minimum Gasteiger partial charge on any atom is -0.386 e. The number of nitrogens with one attached hydrogen (secondary N) is 2. The average molecular weight is 393 g/mol. The number of anilines is 1. The summed E-state index contributed by atoms with van der Waals surface area (Å²) in [5.74, 6) is -2.13. The maximum Gasteiger partial charge on any atom is 0.314 e. The molecule has 0 aliphatic carbocycles. The number of urea groups is 1. The molecule has 1 saturated heterocycles. The van der Waals surface area contributed by atoms with Gasteiger partial charge >= 0.3 is 6.03 Å². The molecule has 28 heavy (non-hydrogen) atoms. The molecule has 3 N–H and O–H groups in total. The summed E-state index contributed by atoms with van der Waals surface area (Å²) in [4.78, 5) is 13.9. The molecule has 2 unspecified atom stereocenters. The minimum absolute atomic E-state index is 0.113. The lowest BCUT2D eigenvalue weighted by Crippen LogP contribution is -2.40.